The molecule has 2 rings (SSSR count). The van der Waals surface area contributed by atoms with Gasteiger partial charge in [0, 0.05) is 12.8 Å². The summed E-state index contributed by atoms with van der Waals surface area (Å²) in [5, 5.41) is 0. The minimum absolute atomic E-state index is 0.341. The van der Waals surface area contributed by atoms with Gasteiger partial charge in [0.1, 0.15) is 5.82 Å². The summed E-state index contributed by atoms with van der Waals surface area (Å²) in [6.07, 6.45) is 2.21. The van der Waals surface area contributed by atoms with Gasteiger partial charge in [-0.3, -0.25) is 0 Å². The van der Waals surface area contributed by atoms with Crippen LogP contribution in [0, 0.1) is 6.92 Å². The highest BCUT2D eigenvalue weighted by Gasteiger charge is 2.16. The number of nitrogens with zero attached hydrogens (tertiary/aromatic N) is 2. The van der Waals surface area contributed by atoms with E-state index >= 15 is 0 Å². The van der Waals surface area contributed by atoms with Gasteiger partial charge < -0.3 is 15.0 Å². The van der Waals surface area contributed by atoms with Crippen molar-refractivity contribution in [1.29, 1.82) is 0 Å². The summed E-state index contributed by atoms with van der Waals surface area (Å²) in [4.78, 5) is 4.59. The van der Waals surface area contributed by atoms with Crippen molar-refractivity contribution in [3.8, 4) is 0 Å². The number of imidazole rings is 1. The summed E-state index contributed by atoms with van der Waals surface area (Å²) in [6.45, 7) is 4.94. The van der Waals surface area contributed by atoms with Crippen LogP contribution in [0.2, 0.25) is 0 Å². The smallest absolute Gasteiger partial charge is 0.107 e. The predicted molar refractivity (Wildman–Crippen MR) is 74.7 cm³/mol. The fourth-order valence-electron chi connectivity index (χ4n) is 2.51. The molecule has 1 unspecified atom stereocenters. The van der Waals surface area contributed by atoms with Crippen LogP contribution in [0.4, 0.5) is 5.69 Å². The van der Waals surface area contributed by atoms with E-state index < -0.39 is 0 Å². The van der Waals surface area contributed by atoms with Crippen LogP contribution in [0.1, 0.15) is 31.6 Å². The molecule has 2 aromatic rings. The van der Waals surface area contributed by atoms with Gasteiger partial charge in [-0.15, -0.1) is 0 Å². The Morgan fingerprint density at radius 1 is 1.44 bits per heavy atom. The van der Waals surface area contributed by atoms with Gasteiger partial charge in [0.15, 0.2) is 0 Å². The molecule has 18 heavy (non-hydrogen) atoms. The van der Waals surface area contributed by atoms with Crippen molar-refractivity contribution >= 4 is 16.7 Å². The number of nitrogens with two attached hydrogens (primary N) is 1. The molecule has 0 aliphatic heterocycles. The quantitative estimate of drug-likeness (QED) is 0.826. The van der Waals surface area contributed by atoms with Crippen LogP contribution in [-0.4, -0.2) is 23.3 Å². The van der Waals surface area contributed by atoms with E-state index in [4.69, 9.17) is 10.5 Å². The maximum absolute atomic E-state index is 5.80. The topological polar surface area (TPSA) is 53.1 Å². The summed E-state index contributed by atoms with van der Waals surface area (Å²) in [7, 11) is 1.75. The number of ether oxygens (including phenoxy) is 1. The van der Waals surface area contributed by atoms with Crippen molar-refractivity contribution in [2.75, 3.05) is 19.5 Å². The molecule has 0 aliphatic carbocycles. The Morgan fingerprint density at radius 3 is 2.89 bits per heavy atom. The number of aromatic nitrogens is 2. The number of rotatable bonds is 5. The molecule has 0 bridgehead atoms. The lowest BCUT2D eigenvalue weighted by atomic mass is 10.1. The first kappa shape index (κ1) is 12.9. The van der Waals surface area contributed by atoms with E-state index in [2.05, 4.69) is 16.5 Å². The highest BCUT2D eigenvalue weighted by molar-refractivity contribution is 5.79. The van der Waals surface area contributed by atoms with Gasteiger partial charge in [0.2, 0.25) is 0 Å². The molecule has 0 aliphatic rings. The van der Waals surface area contributed by atoms with Crippen LogP contribution in [0.5, 0.6) is 0 Å². The number of nitrogen functional groups attached to an aromatic ring is 1. The number of hydrogen-bond acceptors (Lipinski definition) is 3. The predicted octanol–water partition coefficient (Wildman–Crippen LogP) is 2.91. The minimum atomic E-state index is 0.341. The van der Waals surface area contributed by atoms with Gasteiger partial charge >= 0.3 is 0 Å². The van der Waals surface area contributed by atoms with Gasteiger partial charge in [-0.05, 0) is 31.5 Å². The Labute approximate surface area is 108 Å². The Balaban J connectivity index is 2.50. The zero-order valence-electron chi connectivity index (χ0n) is 11.3. The summed E-state index contributed by atoms with van der Waals surface area (Å²) in [5.74, 6) is 1.02. The molecule has 98 valence electrons. The van der Waals surface area contributed by atoms with E-state index in [0.29, 0.717) is 12.6 Å². The minimum Gasteiger partial charge on any atom is -0.399 e. The van der Waals surface area contributed by atoms with Crippen molar-refractivity contribution < 1.29 is 4.74 Å². The number of hydrogen-bond donors (Lipinski definition) is 1. The molecule has 2 N–H and O–H groups in total. The van der Waals surface area contributed by atoms with Gasteiger partial charge in [-0.2, -0.15) is 0 Å². The average Bonchev–Trinajstić information content (AvgIpc) is 2.64. The van der Waals surface area contributed by atoms with Crippen molar-refractivity contribution in [3.63, 3.8) is 0 Å². The monoisotopic (exact) mass is 247 g/mol. The Bertz CT molecular complexity index is 527. The lowest BCUT2D eigenvalue weighted by molar-refractivity contribution is 0.151. The first-order valence-corrected chi connectivity index (χ1v) is 6.40. The third-order valence-corrected chi connectivity index (χ3v) is 3.24. The maximum atomic E-state index is 5.80. The fraction of sp³-hybridized carbons (Fsp3) is 0.500. The molecule has 4 nitrogen and oxygen atoms in total. The molecule has 0 saturated carbocycles. The third-order valence-electron chi connectivity index (χ3n) is 3.24. The van der Waals surface area contributed by atoms with E-state index in [9.17, 15) is 0 Å². The average molecular weight is 247 g/mol. The number of anilines is 1. The summed E-state index contributed by atoms with van der Waals surface area (Å²) in [6, 6.07) is 6.24. The summed E-state index contributed by atoms with van der Waals surface area (Å²) in [5.41, 5.74) is 8.66. The molecule has 0 amide bonds. The van der Waals surface area contributed by atoms with Gasteiger partial charge in [-0.1, -0.05) is 13.3 Å². The normalized spacial score (nSPS) is 13.1. The van der Waals surface area contributed by atoms with Crippen molar-refractivity contribution in [2.45, 2.75) is 32.7 Å². The van der Waals surface area contributed by atoms with Gasteiger partial charge in [0.25, 0.3) is 0 Å². The number of aryl methyl sites for hydroxylation is 1. The van der Waals surface area contributed by atoms with Crippen molar-refractivity contribution in [1.82, 2.24) is 9.55 Å². The van der Waals surface area contributed by atoms with Crippen molar-refractivity contribution in [3.05, 3.63) is 24.0 Å². The second kappa shape index (κ2) is 5.40. The van der Waals surface area contributed by atoms with E-state index in [1.54, 1.807) is 7.11 Å². The summed E-state index contributed by atoms with van der Waals surface area (Å²) < 4.78 is 7.60. The largest absolute Gasteiger partial charge is 0.399 e. The molecule has 1 aromatic heterocycles. The second-order valence-corrected chi connectivity index (χ2v) is 4.68. The SMILES string of the molecule is CCCC(COC)n1c(C)nc2cc(N)ccc21. The van der Waals surface area contributed by atoms with E-state index in [0.717, 1.165) is 35.4 Å². The van der Waals surface area contributed by atoms with Crippen LogP contribution < -0.4 is 5.73 Å². The lowest BCUT2D eigenvalue weighted by Gasteiger charge is -2.19. The molecule has 1 heterocycles. The van der Waals surface area contributed by atoms with Crippen molar-refractivity contribution in [2.24, 2.45) is 0 Å². The van der Waals surface area contributed by atoms with Crippen LogP contribution in [0.3, 0.4) is 0 Å². The standard InChI is InChI=1S/C14H21N3O/c1-4-5-12(9-18-3)17-10(2)16-13-8-11(15)6-7-14(13)17/h6-8,12H,4-5,9,15H2,1-3H3. The molecular formula is C14H21N3O. The number of fused-ring (bicyclic) bond motifs is 1. The Hall–Kier alpha value is -1.55. The lowest BCUT2D eigenvalue weighted by Crippen LogP contribution is -2.15. The number of benzene rings is 1. The molecule has 0 fully saturated rings. The first-order valence-electron chi connectivity index (χ1n) is 6.40. The molecule has 1 atom stereocenters. The van der Waals surface area contributed by atoms with E-state index in [1.165, 1.54) is 0 Å². The molecule has 0 radical (unpaired) electrons. The fourth-order valence-corrected chi connectivity index (χ4v) is 2.51. The maximum Gasteiger partial charge on any atom is 0.107 e. The zero-order valence-corrected chi connectivity index (χ0v) is 11.3. The van der Waals surface area contributed by atoms with Gasteiger partial charge in [-0.25, -0.2) is 4.98 Å². The zero-order chi connectivity index (χ0) is 13.1. The van der Waals surface area contributed by atoms with Gasteiger partial charge in [0.05, 0.1) is 23.7 Å². The highest BCUT2D eigenvalue weighted by Crippen LogP contribution is 2.25. The molecule has 4 heteroatoms. The molecule has 0 saturated heterocycles. The Morgan fingerprint density at radius 2 is 2.22 bits per heavy atom. The Kier molecular flexibility index (Phi) is 3.87. The second-order valence-electron chi connectivity index (χ2n) is 4.68. The van der Waals surface area contributed by atoms with E-state index in [1.807, 2.05) is 25.1 Å². The van der Waals surface area contributed by atoms with Crippen LogP contribution in [-0.2, 0) is 4.74 Å². The highest BCUT2D eigenvalue weighted by atomic mass is 16.5. The molecular weight excluding hydrogens is 226 g/mol. The van der Waals surface area contributed by atoms with E-state index in [-0.39, 0.29) is 0 Å². The number of methoxy groups -OCH3 is 1. The van der Waals surface area contributed by atoms with Crippen LogP contribution in [0.15, 0.2) is 18.2 Å². The molecule has 0 spiro atoms. The molecule has 1 aromatic carbocycles. The summed E-state index contributed by atoms with van der Waals surface area (Å²) >= 11 is 0. The van der Waals surface area contributed by atoms with Crippen LogP contribution >= 0.6 is 0 Å². The third kappa shape index (κ3) is 2.34. The first-order chi connectivity index (χ1) is 8.67. The van der Waals surface area contributed by atoms with Crippen LogP contribution in [0.25, 0.3) is 11.0 Å².